The third-order valence-electron chi connectivity index (χ3n) is 3.49. The fraction of sp³-hybridized carbons (Fsp3) is 0.818. The summed E-state index contributed by atoms with van der Waals surface area (Å²) in [5.74, 6) is -1.31. The van der Waals surface area contributed by atoms with Crippen molar-refractivity contribution >= 4 is 11.9 Å². The molecule has 3 atom stereocenters. The zero-order valence-corrected chi connectivity index (χ0v) is 9.63. The number of likely N-dealkylation sites (tertiary alicyclic amines) is 1. The van der Waals surface area contributed by atoms with Gasteiger partial charge in [0.1, 0.15) is 6.04 Å². The number of aliphatic hydroxyl groups excluding tert-OH is 1. The largest absolute Gasteiger partial charge is 0.480 e. The molecule has 0 spiro atoms. The minimum Gasteiger partial charge on any atom is -0.480 e. The summed E-state index contributed by atoms with van der Waals surface area (Å²) in [7, 11) is 0. The lowest BCUT2D eigenvalue weighted by Crippen LogP contribution is -2.47. The lowest BCUT2D eigenvalue weighted by molar-refractivity contribution is -0.150. The highest BCUT2D eigenvalue weighted by molar-refractivity contribution is 5.86. The summed E-state index contributed by atoms with van der Waals surface area (Å²) < 4.78 is 0. The maximum absolute atomic E-state index is 12.2. The summed E-state index contributed by atoms with van der Waals surface area (Å²) in [6.45, 7) is 1.67. The molecule has 2 saturated heterocycles. The topological polar surface area (TPSA) is 89.9 Å². The van der Waals surface area contributed by atoms with Gasteiger partial charge in [-0.1, -0.05) is 0 Å². The van der Waals surface area contributed by atoms with E-state index < -0.39 is 18.1 Å². The van der Waals surface area contributed by atoms with Crippen molar-refractivity contribution in [2.75, 3.05) is 19.6 Å². The Morgan fingerprint density at radius 2 is 2.12 bits per heavy atom. The van der Waals surface area contributed by atoms with Gasteiger partial charge in [0, 0.05) is 19.5 Å². The average Bonchev–Trinajstić information content (AvgIpc) is 2.72. The highest BCUT2D eigenvalue weighted by Gasteiger charge is 2.41. The number of aliphatic hydroxyl groups is 1. The van der Waals surface area contributed by atoms with Crippen molar-refractivity contribution in [3.05, 3.63) is 0 Å². The van der Waals surface area contributed by atoms with E-state index in [0.717, 1.165) is 19.4 Å². The number of aliphatic carboxylic acids is 1. The molecule has 0 aliphatic carbocycles. The van der Waals surface area contributed by atoms with Crippen molar-refractivity contribution in [3.63, 3.8) is 0 Å². The molecule has 17 heavy (non-hydrogen) atoms. The predicted molar refractivity (Wildman–Crippen MR) is 59.4 cm³/mol. The van der Waals surface area contributed by atoms with Crippen LogP contribution < -0.4 is 5.32 Å². The molecule has 3 N–H and O–H groups in total. The SMILES string of the molecule is O=C(O)[C@@H]1CC(O)CN1C(=O)C1CCCNC1. The van der Waals surface area contributed by atoms with Crippen LogP contribution >= 0.6 is 0 Å². The van der Waals surface area contributed by atoms with Crippen molar-refractivity contribution in [2.24, 2.45) is 5.92 Å². The van der Waals surface area contributed by atoms with Gasteiger partial charge in [-0.05, 0) is 19.4 Å². The lowest BCUT2D eigenvalue weighted by Gasteiger charge is -2.29. The summed E-state index contributed by atoms with van der Waals surface area (Å²) in [5.41, 5.74) is 0. The number of carbonyl (C=O) groups excluding carboxylic acids is 1. The Labute approximate surface area is 99.6 Å². The molecule has 0 saturated carbocycles. The van der Waals surface area contributed by atoms with Crippen molar-refractivity contribution in [1.82, 2.24) is 10.2 Å². The number of hydrogen-bond acceptors (Lipinski definition) is 4. The van der Waals surface area contributed by atoms with Crippen LogP contribution in [0.3, 0.4) is 0 Å². The van der Waals surface area contributed by atoms with Gasteiger partial charge < -0.3 is 20.4 Å². The Morgan fingerprint density at radius 1 is 1.35 bits per heavy atom. The molecule has 2 rings (SSSR count). The second-order valence-corrected chi connectivity index (χ2v) is 4.78. The third-order valence-corrected chi connectivity index (χ3v) is 3.49. The first-order valence-electron chi connectivity index (χ1n) is 6.01. The number of rotatable bonds is 2. The van der Waals surface area contributed by atoms with Gasteiger partial charge in [-0.15, -0.1) is 0 Å². The van der Waals surface area contributed by atoms with Gasteiger partial charge in [-0.25, -0.2) is 4.79 Å². The van der Waals surface area contributed by atoms with E-state index in [1.54, 1.807) is 0 Å². The fourth-order valence-corrected chi connectivity index (χ4v) is 2.59. The number of piperidine rings is 1. The quantitative estimate of drug-likeness (QED) is 0.580. The number of nitrogens with zero attached hydrogens (tertiary/aromatic N) is 1. The molecule has 2 heterocycles. The van der Waals surface area contributed by atoms with Crippen molar-refractivity contribution < 1.29 is 19.8 Å². The number of nitrogens with one attached hydrogen (secondary N) is 1. The van der Waals surface area contributed by atoms with Crippen LogP contribution in [-0.4, -0.2) is 58.8 Å². The van der Waals surface area contributed by atoms with Gasteiger partial charge in [-0.2, -0.15) is 0 Å². The van der Waals surface area contributed by atoms with Gasteiger partial charge in [0.2, 0.25) is 5.91 Å². The van der Waals surface area contributed by atoms with Gasteiger partial charge in [0.05, 0.1) is 12.0 Å². The summed E-state index contributed by atoms with van der Waals surface area (Å²) in [5, 5.41) is 21.7. The van der Waals surface area contributed by atoms with Crippen LogP contribution in [0.15, 0.2) is 0 Å². The van der Waals surface area contributed by atoms with Crippen LogP contribution in [0.4, 0.5) is 0 Å². The van der Waals surface area contributed by atoms with E-state index in [1.165, 1.54) is 4.90 Å². The Hall–Kier alpha value is -1.14. The van der Waals surface area contributed by atoms with Crippen LogP contribution in [0, 0.1) is 5.92 Å². The third kappa shape index (κ3) is 2.58. The van der Waals surface area contributed by atoms with E-state index in [4.69, 9.17) is 5.11 Å². The molecule has 96 valence electrons. The van der Waals surface area contributed by atoms with E-state index in [9.17, 15) is 14.7 Å². The predicted octanol–water partition coefficient (Wildman–Crippen LogP) is -0.968. The molecule has 1 amide bonds. The van der Waals surface area contributed by atoms with Crippen molar-refractivity contribution in [2.45, 2.75) is 31.4 Å². The first-order valence-corrected chi connectivity index (χ1v) is 6.01. The molecule has 0 radical (unpaired) electrons. The maximum Gasteiger partial charge on any atom is 0.326 e. The highest BCUT2D eigenvalue weighted by atomic mass is 16.4. The Morgan fingerprint density at radius 3 is 2.71 bits per heavy atom. The molecule has 6 heteroatoms. The van der Waals surface area contributed by atoms with Crippen LogP contribution in [-0.2, 0) is 9.59 Å². The Kier molecular flexibility index (Phi) is 3.63. The number of carbonyl (C=O) groups is 2. The summed E-state index contributed by atoms with van der Waals surface area (Å²) >= 11 is 0. The molecule has 2 unspecified atom stereocenters. The van der Waals surface area contributed by atoms with Crippen molar-refractivity contribution in [1.29, 1.82) is 0 Å². The van der Waals surface area contributed by atoms with E-state index in [0.29, 0.717) is 6.54 Å². The van der Waals surface area contributed by atoms with Gasteiger partial charge in [0.25, 0.3) is 0 Å². The van der Waals surface area contributed by atoms with E-state index in [2.05, 4.69) is 5.32 Å². The summed E-state index contributed by atoms with van der Waals surface area (Å²) in [4.78, 5) is 24.5. The molecule has 6 nitrogen and oxygen atoms in total. The van der Waals surface area contributed by atoms with E-state index in [1.807, 2.05) is 0 Å². The molecule has 2 fully saturated rings. The number of β-amino-alcohol motifs (C(OH)–C–C–N with tert-alkyl or cyclic N) is 1. The Bertz CT molecular complexity index is 315. The monoisotopic (exact) mass is 242 g/mol. The zero-order valence-electron chi connectivity index (χ0n) is 9.63. The van der Waals surface area contributed by atoms with Gasteiger partial charge in [-0.3, -0.25) is 4.79 Å². The number of amides is 1. The molecule has 2 aliphatic heterocycles. The molecule has 2 aliphatic rings. The standard InChI is InChI=1S/C11H18N2O4/c14-8-4-9(11(16)17)13(6-8)10(15)7-2-1-3-12-5-7/h7-9,12,14H,1-6H2,(H,16,17)/t7?,8?,9-/m0/s1. The van der Waals surface area contributed by atoms with Crippen LogP contribution in [0.2, 0.25) is 0 Å². The van der Waals surface area contributed by atoms with Gasteiger partial charge in [0.15, 0.2) is 0 Å². The zero-order chi connectivity index (χ0) is 12.4. The normalized spacial score (nSPS) is 33.7. The smallest absolute Gasteiger partial charge is 0.326 e. The van der Waals surface area contributed by atoms with Gasteiger partial charge >= 0.3 is 5.97 Å². The second kappa shape index (κ2) is 5.01. The molecular formula is C11H18N2O4. The van der Waals surface area contributed by atoms with E-state index in [-0.39, 0.29) is 24.8 Å². The van der Waals surface area contributed by atoms with Crippen LogP contribution in [0.5, 0.6) is 0 Å². The first kappa shape index (κ1) is 12.3. The molecule has 0 aromatic heterocycles. The summed E-state index contributed by atoms with van der Waals surface area (Å²) in [6, 6.07) is -0.862. The average molecular weight is 242 g/mol. The molecule has 0 aromatic carbocycles. The number of carboxylic acid groups (broad SMARTS) is 1. The van der Waals surface area contributed by atoms with Crippen molar-refractivity contribution in [3.8, 4) is 0 Å². The minimum absolute atomic E-state index is 0.138. The molecular weight excluding hydrogens is 224 g/mol. The minimum atomic E-state index is -1.03. The number of hydrogen-bond donors (Lipinski definition) is 3. The first-order chi connectivity index (χ1) is 8.09. The van der Waals surface area contributed by atoms with E-state index >= 15 is 0 Å². The second-order valence-electron chi connectivity index (χ2n) is 4.78. The summed E-state index contributed by atoms with van der Waals surface area (Å²) in [6.07, 6.45) is 1.16. The van der Waals surface area contributed by atoms with Crippen LogP contribution in [0.25, 0.3) is 0 Å². The molecule has 0 aromatic rings. The highest BCUT2D eigenvalue weighted by Crippen LogP contribution is 2.23. The maximum atomic E-state index is 12.2. The lowest BCUT2D eigenvalue weighted by atomic mass is 9.98. The number of carboxylic acids is 1. The van der Waals surface area contributed by atoms with Crippen LogP contribution in [0.1, 0.15) is 19.3 Å². The fourth-order valence-electron chi connectivity index (χ4n) is 2.59. The Balaban J connectivity index is 2.04. The molecule has 0 bridgehead atoms.